The molecule has 0 radical (unpaired) electrons. The van der Waals surface area contributed by atoms with E-state index in [1.165, 1.54) is 12.1 Å². The van der Waals surface area contributed by atoms with Crippen LogP contribution in [0.15, 0.2) is 48.5 Å². The molecule has 10 heteroatoms. The van der Waals surface area contributed by atoms with Crippen molar-refractivity contribution in [2.75, 3.05) is 10.6 Å². The summed E-state index contributed by atoms with van der Waals surface area (Å²) in [6.07, 6.45) is -4.90. The number of carbonyl (C=O) groups excluding carboxylic acids is 1. The van der Waals surface area contributed by atoms with Gasteiger partial charge in [-0.2, -0.15) is 18.3 Å². The summed E-state index contributed by atoms with van der Waals surface area (Å²) in [6.45, 7) is 1.76. The Morgan fingerprint density at radius 2 is 1.97 bits per heavy atom. The average Bonchev–Trinajstić information content (AvgIpc) is 3.06. The predicted molar refractivity (Wildman–Crippen MR) is 111 cm³/mol. The third kappa shape index (κ3) is 4.05. The van der Waals surface area contributed by atoms with Crippen molar-refractivity contribution in [1.82, 2.24) is 9.78 Å². The minimum absolute atomic E-state index is 0.0808. The molecule has 2 aromatic carbocycles. The van der Waals surface area contributed by atoms with Gasteiger partial charge in [0.25, 0.3) is 5.91 Å². The zero-order valence-corrected chi connectivity index (χ0v) is 17.0. The van der Waals surface area contributed by atoms with Crippen LogP contribution in [0.3, 0.4) is 0 Å². The van der Waals surface area contributed by atoms with Crippen LogP contribution in [0.1, 0.15) is 40.1 Å². The molecule has 2 atom stereocenters. The molecule has 1 aliphatic rings. The summed E-state index contributed by atoms with van der Waals surface area (Å²) >= 11 is 6.31. The maximum absolute atomic E-state index is 13.8. The number of aromatic hydroxyl groups is 1. The number of anilines is 2. The summed E-state index contributed by atoms with van der Waals surface area (Å²) < 4.78 is 42.2. The topological polar surface area (TPSA) is 79.2 Å². The molecule has 3 N–H and O–H groups in total. The predicted octanol–water partition coefficient (Wildman–Crippen LogP) is 5.46. The number of benzene rings is 2. The van der Waals surface area contributed by atoms with Crippen molar-refractivity contribution >= 4 is 29.0 Å². The molecular formula is C21H18ClF3N4O2. The molecule has 3 aromatic rings. The smallest absolute Gasteiger partial charge is 0.410 e. The Morgan fingerprint density at radius 1 is 1.26 bits per heavy atom. The molecule has 0 bridgehead atoms. The first kappa shape index (κ1) is 21.0. The first-order chi connectivity index (χ1) is 14.6. The van der Waals surface area contributed by atoms with E-state index in [2.05, 4.69) is 15.7 Å². The van der Waals surface area contributed by atoms with Crippen LogP contribution in [0.25, 0.3) is 0 Å². The Balaban J connectivity index is 1.71. The number of phenolic OH excluding ortho intramolecular Hbond substituents is 1. The normalized spacial score (nSPS) is 18.2. The maximum Gasteiger partial charge on any atom is 0.410 e. The van der Waals surface area contributed by atoms with Crippen LogP contribution >= 0.6 is 11.6 Å². The lowest BCUT2D eigenvalue weighted by atomic mass is 9.97. The number of rotatable bonds is 3. The van der Waals surface area contributed by atoms with Gasteiger partial charge in [-0.25, -0.2) is 4.68 Å². The molecule has 2 heterocycles. The van der Waals surface area contributed by atoms with Gasteiger partial charge in [0.2, 0.25) is 0 Å². The van der Waals surface area contributed by atoms with Gasteiger partial charge in [-0.3, -0.25) is 4.79 Å². The Hall–Kier alpha value is -3.20. The average molecular weight is 451 g/mol. The molecule has 0 unspecified atom stereocenters. The van der Waals surface area contributed by atoms with Gasteiger partial charge in [-0.05, 0) is 30.2 Å². The van der Waals surface area contributed by atoms with E-state index >= 15 is 0 Å². The van der Waals surface area contributed by atoms with E-state index in [9.17, 15) is 23.1 Å². The number of aromatic nitrogens is 2. The van der Waals surface area contributed by atoms with Gasteiger partial charge >= 0.3 is 6.18 Å². The van der Waals surface area contributed by atoms with Crippen molar-refractivity contribution in [3.05, 3.63) is 70.4 Å². The summed E-state index contributed by atoms with van der Waals surface area (Å²) in [5.41, 5.74) is 1.17. The maximum atomic E-state index is 13.8. The standard InChI is InChI=1S/C21H18ClF3N4O2/c1-11-7-8-15(30)14(9-11)27-20(31)18-17(22)19-26-13(12-5-3-2-4-6-12)10-16(21(23,24)25)29(19)28-18/h2-9,13,16,26,30H,10H2,1H3,(H,27,31)/t13-,16+/m1/s1. The first-order valence-electron chi connectivity index (χ1n) is 9.42. The van der Waals surface area contributed by atoms with E-state index in [4.69, 9.17) is 11.6 Å². The fourth-order valence-electron chi connectivity index (χ4n) is 3.57. The lowest BCUT2D eigenvalue weighted by Crippen LogP contribution is -2.35. The van der Waals surface area contributed by atoms with Crippen LogP contribution in [-0.2, 0) is 0 Å². The van der Waals surface area contributed by atoms with Crippen molar-refractivity contribution in [1.29, 1.82) is 0 Å². The summed E-state index contributed by atoms with van der Waals surface area (Å²) in [5.74, 6) is -1.09. The van der Waals surface area contributed by atoms with Gasteiger partial charge in [-0.15, -0.1) is 0 Å². The van der Waals surface area contributed by atoms with Crippen LogP contribution in [0.5, 0.6) is 5.75 Å². The minimum atomic E-state index is -4.60. The SMILES string of the molecule is Cc1ccc(O)c(NC(=O)c2nn3c(c2Cl)N[C@@H](c2ccccc2)C[C@H]3C(F)(F)F)c1. The number of nitrogens with one attached hydrogen (secondary N) is 2. The fraction of sp³-hybridized carbons (Fsp3) is 0.238. The zero-order valence-electron chi connectivity index (χ0n) is 16.2. The summed E-state index contributed by atoms with van der Waals surface area (Å²) in [4.78, 5) is 12.7. The van der Waals surface area contributed by atoms with E-state index in [0.29, 0.717) is 10.2 Å². The number of halogens is 4. The van der Waals surface area contributed by atoms with Gasteiger partial charge < -0.3 is 15.7 Å². The highest BCUT2D eigenvalue weighted by Gasteiger charge is 2.47. The Bertz CT molecular complexity index is 1130. The number of hydrogen-bond acceptors (Lipinski definition) is 4. The van der Waals surface area contributed by atoms with Crippen molar-refractivity contribution in [3.63, 3.8) is 0 Å². The van der Waals surface area contributed by atoms with Crippen LogP contribution in [0.2, 0.25) is 5.02 Å². The highest BCUT2D eigenvalue weighted by atomic mass is 35.5. The highest BCUT2D eigenvalue weighted by Crippen LogP contribution is 2.46. The second-order valence-electron chi connectivity index (χ2n) is 7.33. The third-order valence-corrected chi connectivity index (χ3v) is 5.47. The Kier molecular flexibility index (Phi) is 5.30. The van der Waals surface area contributed by atoms with Crippen LogP contribution < -0.4 is 10.6 Å². The van der Waals surface area contributed by atoms with E-state index in [1.807, 2.05) is 0 Å². The monoisotopic (exact) mass is 450 g/mol. The van der Waals surface area contributed by atoms with E-state index < -0.39 is 24.2 Å². The van der Waals surface area contributed by atoms with Crippen molar-refractivity contribution in [3.8, 4) is 5.75 Å². The molecule has 4 rings (SSSR count). The number of nitrogens with zero attached hydrogens (tertiary/aromatic N) is 2. The zero-order chi connectivity index (χ0) is 22.3. The second kappa shape index (κ2) is 7.81. The van der Waals surface area contributed by atoms with Crippen LogP contribution in [0.4, 0.5) is 24.7 Å². The third-order valence-electron chi connectivity index (χ3n) is 5.11. The molecule has 0 aliphatic carbocycles. The number of amides is 1. The van der Waals surface area contributed by atoms with Gasteiger partial charge in [0.05, 0.1) is 11.7 Å². The van der Waals surface area contributed by atoms with Gasteiger partial charge in [0, 0.05) is 6.42 Å². The molecule has 31 heavy (non-hydrogen) atoms. The largest absolute Gasteiger partial charge is 0.506 e. The molecule has 162 valence electrons. The number of hydrogen-bond donors (Lipinski definition) is 3. The van der Waals surface area contributed by atoms with Crippen LogP contribution in [0, 0.1) is 6.92 Å². The first-order valence-corrected chi connectivity index (χ1v) is 9.80. The molecular weight excluding hydrogens is 433 g/mol. The molecule has 1 aromatic heterocycles. The van der Waals surface area contributed by atoms with Crippen LogP contribution in [-0.4, -0.2) is 27.0 Å². The molecule has 0 spiro atoms. The van der Waals surface area contributed by atoms with Gasteiger partial charge in [0.1, 0.15) is 16.6 Å². The summed E-state index contributed by atoms with van der Waals surface area (Å²) in [5, 5.41) is 19.0. The van der Waals surface area contributed by atoms with Gasteiger partial charge in [0.15, 0.2) is 11.7 Å². The van der Waals surface area contributed by atoms with Crippen molar-refractivity contribution in [2.45, 2.75) is 31.6 Å². The quantitative estimate of drug-likeness (QED) is 0.463. The number of phenols is 1. The summed E-state index contributed by atoms with van der Waals surface area (Å²) in [7, 11) is 0. The number of carbonyl (C=O) groups is 1. The number of alkyl halides is 3. The van der Waals surface area contributed by atoms with E-state index in [0.717, 1.165) is 5.56 Å². The molecule has 1 amide bonds. The lowest BCUT2D eigenvalue weighted by molar-refractivity contribution is -0.173. The molecule has 0 fully saturated rings. The minimum Gasteiger partial charge on any atom is -0.506 e. The van der Waals surface area contributed by atoms with Crippen molar-refractivity contribution < 1.29 is 23.1 Å². The Labute approximate surface area is 180 Å². The molecule has 0 saturated heterocycles. The van der Waals surface area contributed by atoms with E-state index in [1.54, 1.807) is 43.3 Å². The fourth-order valence-corrected chi connectivity index (χ4v) is 3.83. The highest BCUT2D eigenvalue weighted by molar-refractivity contribution is 6.36. The molecule has 1 aliphatic heterocycles. The second-order valence-corrected chi connectivity index (χ2v) is 7.71. The number of fused-ring (bicyclic) bond motifs is 1. The Morgan fingerprint density at radius 3 is 2.65 bits per heavy atom. The van der Waals surface area contributed by atoms with Gasteiger partial charge in [-0.1, -0.05) is 48.0 Å². The number of aryl methyl sites for hydroxylation is 1. The summed E-state index contributed by atoms with van der Waals surface area (Å²) in [6, 6.07) is 10.6. The van der Waals surface area contributed by atoms with E-state index in [-0.39, 0.29) is 34.4 Å². The molecule has 0 saturated carbocycles. The molecule has 6 nitrogen and oxygen atoms in total. The lowest BCUT2D eigenvalue weighted by Gasteiger charge is -2.33. The van der Waals surface area contributed by atoms with Crippen molar-refractivity contribution in [2.24, 2.45) is 0 Å².